The maximum absolute atomic E-state index is 13.2. The van der Waals surface area contributed by atoms with Crippen molar-refractivity contribution in [2.24, 2.45) is 5.92 Å². The average Bonchev–Trinajstić information content (AvgIpc) is 2.94. The normalized spacial score (nSPS) is 29.8. The van der Waals surface area contributed by atoms with Gasteiger partial charge in [0, 0.05) is 19.1 Å². The summed E-state index contributed by atoms with van der Waals surface area (Å²) >= 11 is 0. The first-order valence-electron chi connectivity index (χ1n) is 11.2. The van der Waals surface area contributed by atoms with Crippen molar-refractivity contribution in [1.29, 1.82) is 0 Å². The number of hydrogen-bond donors (Lipinski definition) is 2. The van der Waals surface area contributed by atoms with Crippen LogP contribution in [-0.2, 0) is 16.1 Å². The SMILES string of the molecule is CC1CCCCC1NC(=O)CN1C(=O)NC2(CCCN(Cc3ccccc3)C2)C1=O. The van der Waals surface area contributed by atoms with Crippen molar-refractivity contribution in [2.75, 3.05) is 19.6 Å². The van der Waals surface area contributed by atoms with E-state index >= 15 is 0 Å². The van der Waals surface area contributed by atoms with E-state index in [9.17, 15) is 14.4 Å². The summed E-state index contributed by atoms with van der Waals surface area (Å²) in [6, 6.07) is 9.82. The fourth-order valence-electron chi connectivity index (χ4n) is 5.14. The van der Waals surface area contributed by atoms with Gasteiger partial charge in [0.05, 0.1) is 0 Å². The van der Waals surface area contributed by atoms with Crippen LogP contribution < -0.4 is 10.6 Å². The van der Waals surface area contributed by atoms with E-state index < -0.39 is 11.6 Å². The van der Waals surface area contributed by atoms with E-state index in [1.165, 1.54) is 12.0 Å². The molecule has 0 radical (unpaired) electrons. The van der Waals surface area contributed by atoms with Crippen LogP contribution in [0.1, 0.15) is 51.0 Å². The summed E-state index contributed by atoms with van der Waals surface area (Å²) in [5.41, 5.74) is 0.270. The molecule has 3 atom stereocenters. The molecule has 1 spiro atoms. The topological polar surface area (TPSA) is 81.8 Å². The number of amides is 4. The number of imide groups is 1. The second-order valence-electron chi connectivity index (χ2n) is 9.14. The summed E-state index contributed by atoms with van der Waals surface area (Å²) < 4.78 is 0. The molecule has 30 heavy (non-hydrogen) atoms. The van der Waals surface area contributed by atoms with Crippen molar-refractivity contribution < 1.29 is 14.4 Å². The van der Waals surface area contributed by atoms with E-state index in [2.05, 4.69) is 34.6 Å². The van der Waals surface area contributed by atoms with Crippen LogP contribution in [0.5, 0.6) is 0 Å². The predicted octanol–water partition coefficient (Wildman–Crippen LogP) is 2.27. The fraction of sp³-hybridized carbons (Fsp3) is 0.609. The maximum atomic E-state index is 13.2. The highest BCUT2D eigenvalue weighted by Gasteiger charge is 2.53. The van der Waals surface area contributed by atoms with Gasteiger partial charge in [0.2, 0.25) is 5.91 Å². The lowest BCUT2D eigenvalue weighted by Gasteiger charge is -2.38. The molecule has 7 nitrogen and oxygen atoms in total. The van der Waals surface area contributed by atoms with Gasteiger partial charge < -0.3 is 10.6 Å². The first-order chi connectivity index (χ1) is 14.5. The lowest BCUT2D eigenvalue weighted by Crippen LogP contribution is -2.58. The Labute approximate surface area is 178 Å². The van der Waals surface area contributed by atoms with Crippen molar-refractivity contribution in [3.05, 3.63) is 35.9 Å². The number of piperidine rings is 1. The number of urea groups is 1. The van der Waals surface area contributed by atoms with Gasteiger partial charge in [-0.15, -0.1) is 0 Å². The average molecular weight is 413 g/mol. The zero-order chi connectivity index (χ0) is 21.1. The largest absolute Gasteiger partial charge is 0.352 e. The molecular formula is C23H32N4O3. The van der Waals surface area contributed by atoms with Crippen LogP contribution in [0.2, 0.25) is 0 Å². The predicted molar refractivity (Wildman–Crippen MR) is 113 cm³/mol. The Morgan fingerprint density at radius 3 is 2.70 bits per heavy atom. The van der Waals surface area contributed by atoms with Gasteiger partial charge in [0.15, 0.2) is 0 Å². The van der Waals surface area contributed by atoms with Crippen LogP contribution in [-0.4, -0.2) is 58.9 Å². The maximum Gasteiger partial charge on any atom is 0.325 e. The van der Waals surface area contributed by atoms with Gasteiger partial charge in [0.1, 0.15) is 12.1 Å². The molecule has 2 heterocycles. The Morgan fingerprint density at radius 1 is 1.17 bits per heavy atom. The summed E-state index contributed by atoms with van der Waals surface area (Å²) in [7, 11) is 0. The van der Waals surface area contributed by atoms with Crippen LogP contribution in [0.15, 0.2) is 30.3 Å². The lowest BCUT2D eigenvalue weighted by atomic mass is 9.86. The van der Waals surface area contributed by atoms with Gasteiger partial charge >= 0.3 is 6.03 Å². The molecule has 2 N–H and O–H groups in total. The summed E-state index contributed by atoms with van der Waals surface area (Å²) in [5.74, 6) is -0.0783. The summed E-state index contributed by atoms with van der Waals surface area (Å²) in [6.45, 7) is 4.06. The molecule has 162 valence electrons. The number of hydrogen-bond acceptors (Lipinski definition) is 4. The molecule has 0 aromatic heterocycles. The Balaban J connectivity index is 1.38. The van der Waals surface area contributed by atoms with Crippen molar-refractivity contribution >= 4 is 17.8 Å². The number of carbonyl (C=O) groups is 3. The Hall–Kier alpha value is -2.41. The number of rotatable bonds is 5. The second-order valence-corrected chi connectivity index (χ2v) is 9.14. The third kappa shape index (κ3) is 4.36. The van der Waals surface area contributed by atoms with Gasteiger partial charge in [-0.05, 0) is 43.7 Å². The summed E-state index contributed by atoms with van der Waals surface area (Å²) in [4.78, 5) is 41.7. The van der Waals surface area contributed by atoms with Gasteiger partial charge in [-0.25, -0.2) is 4.79 Å². The smallest absolute Gasteiger partial charge is 0.325 e. The third-order valence-corrected chi connectivity index (χ3v) is 6.83. The molecule has 3 unspecified atom stereocenters. The standard InChI is InChI=1S/C23H32N4O3/c1-17-8-5-6-11-19(17)24-20(28)15-27-21(29)23(25-22(27)30)12-7-13-26(16-23)14-18-9-3-2-4-10-18/h2-4,9-10,17,19H,5-8,11-16H2,1H3,(H,24,28)(H,25,30). The zero-order valence-electron chi connectivity index (χ0n) is 17.7. The van der Waals surface area contributed by atoms with Gasteiger partial charge in [-0.1, -0.05) is 50.1 Å². The highest BCUT2D eigenvalue weighted by molar-refractivity contribution is 6.09. The molecule has 2 aliphatic heterocycles. The van der Waals surface area contributed by atoms with Crippen molar-refractivity contribution in [1.82, 2.24) is 20.4 Å². The van der Waals surface area contributed by atoms with Crippen LogP contribution in [0.25, 0.3) is 0 Å². The minimum absolute atomic E-state index is 0.136. The van der Waals surface area contributed by atoms with E-state index in [1.54, 1.807) is 0 Å². The molecule has 3 fully saturated rings. The minimum atomic E-state index is -0.914. The van der Waals surface area contributed by atoms with Crippen LogP contribution in [0.3, 0.4) is 0 Å². The summed E-state index contributed by atoms with van der Waals surface area (Å²) in [5, 5.41) is 5.96. The van der Waals surface area contributed by atoms with Crippen LogP contribution in [0.4, 0.5) is 4.79 Å². The molecule has 1 saturated carbocycles. The second kappa shape index (κ2) is 8.76. The van der Waals surface area contributed by atoms with E-state index in [0.717, 1.165) is 43.7 Å². The first-order valence-corrected chi connectivity index (χ1v) is 11.2. The molecular weight excluding hydrogens is 380 g/mol. The van der Waals surface area contributed by atoms with E-state index in [0.29, 0.717) is 18.9 Å². The molecule has 0 bridgehead atoms. The highest BCUT2D eigenvalue weighted by atomic mass is 16.2. The molecule has 4 rings (SSSR count). The first kappa shape index (κ1) is 20.8. The minimum Gasteiger partial charge on any atom is -0.352 e. The monoisotopic (exact) mass is 412 g/mol. The number of benzene rings is 1. The molecule has 1 aromatic carbocycles. The van der Waals surface area contributed by atoms with Crippen LogP contribution in [0, 0.1) is 5.92 Å². The van der Waals surface area contributed by atoms with Gasteiger partial charge in [-0.3, -0.25) is 19.4 Å². The number of nitrogens with one attached hydrogen (secondary N) is 2. The fourth-order valence-corrected chi connectivity index (χ4v) is 5.14. The lowest BCUT2D eigenvalue weighted by molar-refractivity contribution is -0.136. The number of carbonyl (C=O) groups excluding carboxylic acids is 3. The van der Waals surface area contributed by atoms with E-state index in [4.69, 9.17) is 0 Å². The molecule has 1 aromatic rings. The van der Waals surface area contributed by atoms with Crippen LogP contribution >= 0.6 is 0 Å². The van der Waals surface area contributed by atoms with Gasteiger partial charge in [-0.2, -0.15) is 0 Å². The number of likely N-dealkylation sites (tertiary alicyclic amines) is 1. The van der Waals surface area contributed by atoms with Crippen molar-refractivity contribution in [3.8, 4) is 0 Å². The Kier molecular flexibility index (Phi) is 6.09. The van der Waals surface area contributed by atoms with Crippen molar-refractivity contribution in [3.63, 3.8) is 0 Å². The quantitative estimate of drug-likeness (QED) is 0.727. The Bertz CT molecular complexity index is 799. The third-order valence-electron chi connectivity index (χ3n) is 6.83. The molecule has 1 aliphatic carbocycles. The highest BCUT2D eigenvalue weighted by Crippen LogP contribution is 2.29. The summed E-state index contributed by atoms with van der Waals surface area (Å²) in [6.07, 6.45) is 5.82. The van der Waals surface area contributed by atoms with Crippen molar-refractivity contribution in [2.45, 2.75) is 63.6 Å². The van der Waals surface area contributed by atoms with Gasteiger partial charge in [0.25, 0.3) is 5.91 Å². The van der Waals surface area contributed by atoms with E-state index in [1.807, 2.05) is 18.2 Å². The molecule has 3 aliphatic rings. The number of nitrogens with zero attached hydrogens (tertiary/aromatic N) is 2. The zero-order valence-corrected chi connectivity index (χ0v) is 17.7. The Morgan fingerprint density at radius 2 is 1.93 bits per heavy atom. The molecule has 7 heteroatoms. The van der Waals surface area contributed by atoms with E-state index in [-0.39, 0.29) is 24.4 Å². The molecule has 2 saturated heterocycles. The molecule has 4 amide bonds.